The van der Waals surface area contributed by atoms with E-state index in [0.29, 0.717) is 19.4 Å². The molecule has 2 rings (SSSR count). The van der Waals surface area contributed by atoms with Crippen LogP contribution in [0.4, 0.5) is 13.2 Å². The van der Waals surface area contributed by atoms with Gasteiger partial charge < -0.3 is 10.2 Å². The van der Waals surface area contributed by atoms with Gasteiger partial charge in [-0.3, -0.25) is 4.79 Å². The predicted octanol–water partition coefficient (Wildman–Crippen LogP) is 2.32. The van der Waals surface area contributed by atoms with Gasteiger partial charge in [0.1, 0.15) is 0 Å². The number of piperidine rings is 1. The van der Waals surface area contributed by atoms with E-state index in [1.165, 1.54) is 0 Å². The van der Waals surface area contributed by atoms with Crippen LogP contribution < -0.4 is 5.32 Å². The third-order valence-corrected chi connectivity index (χ3v) is 4.24. The average molecular weight is 278 g/mol. The standard InChI is InChI=1S/C13H21F3N2O/c1-18-8-11(5-6-12(18)19)17-10-4-2-3-9(7-10)13(14,15)16/h9-11,17H,2-8H2,1H3. The lowest BCUT2D eigenvalue weighted by molar-refractivity contribution is -0.183. The second-order valence-electron chi connectivity index (χ2n) is 5.78. The highest BCUT2D eigenvalue weighted by Crippen LogP contribution is 2.37. The molecule has 110 valence electrons. The Labute approximate surface area is 111 Å². The van der Waals surface area contributed by atoms with Gasteiger partial charge in [-0.25, -0.2) is 0 Å². The van der Waals surface area contributed by atoms with Crippen molar-refractivity contribution in [2.24, 2.45) is 5.92 Å². The van der Waals surface area contributed by atoms with Crippen molar-refractivity contribution < 1.29 is 18.0 Å². The predicted molar refractivity (Wildman–Crippen MR) is 65.6 cm³/mol. The summed E-state index contributed by atoms with van der Waals surface area (Å²) in [5, 5.41) is 3.32. The Hall–Kier alpha value is -0.780. The number of halogens is 3. The zero-order chi connectivity index (χ0) is 14.0. The Morgan fingerprint density at radius 2 is 1.95 bits per heavy atom. The van der Waals surface area contributed by atoms with Gasteiger partial charge in [0.25, 0.3) is 0 Å². The van der Waals surface area contributed by atoms with E-state index in [4.69, 9.17) is 0 Å². The van der Waals surface area contributed by atoms with E-state index in [1.807, 2.05) is 0 Å². The zero-order valence-electron chi connectivity index (χ0n) is 11.2. The van der Waals surface area contributed by atoms with E-state index in [-0.39, 0.29) is 30.8 Å². The van der Waals surface area contributed by atoms with Crippen molar-refractivity contribution in [3.8, 4) is 0 Å². The number of likely N-dealkylation sites (tertiary alicyclic amines) is 1. The summed E-state index contributed by atoms with van der Waals surface area (Å²) in [5.74, 6) is -1.04. The number of nitrogens with one attached hydrogen (secondary N) is 1. The summed E-state index contributed by atoms with van der Waals surface area (Å²) in [4.78, 5) is 13.0. The molecule has 2 fully saturated rings. The third-order valence-electron chi connectivity index (χ3n) is 4.24. The quantitative estimate of drug-likeness (QED) is 0.840. The number of carbonyl (C=O) groups is 1. The molecule has 1 saturated heterocycles. The molecule has 1 aliphatic carbocycles. The molecule has 3 nitrogen and oxygen atoms in total. The van der Waals surface area contributed by atoms with Crippen LogP contribution in [-0.2, 0) is 4.79 Å². The smallest absolute Gasteiger partial charge is 0.344 e. The first-order chi connectivity index (χ1) is 8.86. The number of amides is 1. The van der Waals surface area contributed by atoms with Crippen LogP contribution >= 0.6 is 0 Å². The number of nitrogens with zero attached hydrogens (tertiary/aromatic N) is 1. The molecule has 0 aromatic heterocycles. The van der Waals surface area contributed by atoms with Crippen molar-refractivity contribution >= 4 is 5.91 Å². The highest BCUT2D eigenvalue weighted by Gasteiger charge is 2.42. The molecule has 0 radical (unpaired) electrons. The SMILES string of the molecule is CN1CC(NC2CCCC(C(F)(F)F)C2)CCC1=O. The first-order valence-corrected chi connectivity index (χ1v) is 6.93. The van der Waals surface area contributed by atoms with Gasteiger partial charge in [-0.1, -0.05) is 6.42 Å². The Bertz CT molecular complexity index is 332. The number of carbonyl (C=O) groups excluding carboxylic acids is 1. The lowest BCUT2D eigenvalue weighted by atomic mass is 9.84. The highest BCUT2D eigenvalue weighted by molar-refractivity contribution is 5.76. The molecular formula is C13H21F3N2O. The van der Waals surface area contributed by atoms with Gasteiger partial charge in [0.05, 0.1) is 5.92 Å². The monoisotopic (exact) mass is 278 g/mol. The van der Waals surface area contributed by atoms with Crippen LogP contribution in [0.2, 0.25) is 0 Å². The van der Waals surface area contributed by atoms with Crippen LogP contribution in [0.15, 0.2) is 0 Å². The Balaban J connectivity index is 1.84. The minimum Gasteiger partial charge on any atom is -0.344 e. The van der Waals surface area contributed by atoms with E-state index in [2.05, 4.69) is 5.32 Å². The summed E-state index contributed by atoms with van der Waals surface area (Å²) in [6.07, 6.45) is -0.980. The van der Waals surface area contributed by atoms with Gasteiger partial charge in [0.15, 0.2) is 0 Å². The van der Waals surface area contributed by atoms with Gasteiger partial charge in [-0.2, -0.15) is 13.2 Å². The fourth-order valence-corrected chi connectivity index (χ4v) is 3.12. The van der Waals surface area contributed by atoms with Crippen LogP contribution in [0.1, 0.15) is 38.5 Å². The van der Waals surface area contributed by atoms with E-state index in [1.54, 1.807) is 11.9 Å². The molecule has 1 saturated carbocycles. The molecule has 1 amide bonds. The molecule has 0 aromatic carbocycles. The molecular weight excluding hydrogens is 257 g/mol. The molecule has 0 aromatic rings. The van der Waals surface area contributed by atoms with E-state index in [9.17, 15) is 18.0 Å². The van der Waals surface area contributed by atoms with Crippen molar-refractivity contribution in [3.05, 3.63) is 0 Å². The highest BCUT2D eigenvalue weighted by atomic mass is 19.4. The maximum Gasteiger partial charge on any atom is 0.391 e. The third kappa shape index (κ3) is 3.84. The maximum atomic E-state index is 12.7. The molecule has 6 heteroatoms. The van der Waals surface area contributed by atoms with Crippen molar-refractivity contribution in [1.29, 1.82) is 0 Å². The van der Waals surface area contributed by atoms with E-state index < -0.39 is 12.1 Å². The molecule has 1 N–H and O–H groups in total. The summed E-state index contributed by atoms with van der Waals surface area (Å²) in [6.45, 7) is 0.603. The number of hydrogen-bond donors (Lipinski definition) is 1. The van der Waals surface area contributed by atoms with Gasteiger partial charge in [0.2, 0.25) is 5.91 Å². The minimum atomic E-state index is -4.07. The number of alkyl halides is 3. The second-order valence-corrected chi connectivity index (χ2v) is 5.78. The van der Waals surface area contributed by atoms with Crippen LogP contribution in [0.5, 0.6) is 0 Å². The molecule has 1 heterocycles. The van der Waals surface area contributed by atoms with Crippen molar-refractivity contribution in [2.75, 3.05) is 13.6 Å². The largest absolute Gasteiger partial charge is 0.391 e. The topological polar surface area (TPSA) is 32.3 Å². The first kappa shape index (κ1) is 14.6. The molecule has 19 heavy (non-hydrogen) atoms. The average Bonchev–Trinajstić information content (AvgIpc) is 2.33. The number of hydrogen-bond acceptors (Lipinski definition) is 2. The molecule has 3 unspecified atom stereocenters. The summed E-state index contributed by atoms with van der Waals surface area (Å²) >= 11 is 0. The Kier molecular flexibility index (Phi) is 4.38. The minimum absolute atomic E-state index is 0.0630. The van der Waals surface area contributed by atoms with Gasteiger partial charge in [-0.05, 0) is 25.7 Å². The zero-order valence-corrected chi connectivity index (χ0v) is 11.2. The van der Waals surface area contributed by atoms with Gasteiger partial charge in [0, 0.05) is 32.1 Å². The molecule has 0 spiro atoms. The molecule has 0 bridgehead atoms. The van der Waals surface area contributed by atoms with Crippen LogP contribution in [0.25, 0.3) is 0 Å². The lowest BCUT2D eigenvalue weighted by Gasteiger charge is -2.36. The summed E-state index contributed by atoms with van der Waals surface area (Å²) < 4.78 is 38.2. The van der Waals surface area contributed by atoms with Crippen molar-refractivity contribution in [3.63, 3.8) is 0 Å². The maximum absolute atomic E-state index is 12.7. The van der Waals surface area contributed by atoms with Gasteiger partial charge >= 0.3 is 6.18 Å². The van der Waals surface area contributed by atoms with Crippen molar-refractivity contribution in [2.45, 2.75) is 56.8 Å². The molecule has 1 aliphatic heterocycles. The van der Waals surface area contributed by atoms with E-state index >= 15 is 0 Å². The molecule has 2 aliphatic rings. The van der Waals surface area contributed by atoms with Crippen molar-refractivity contribution in [1.82, 2.24) is 10.2 Å². The van der Waals surface area contributed by atoms with Gasteiger partial charge in [-0.15, -0.1) is 0 Å². The van der Waals surface area contributed by atoms with Crippen LogP contribution in [0.3, 0.4) is 0 Å². The number of rotatable bonds is 2. The fourth-order valence-electron chi connectivity index (χ4n) is 3.12. The second kappa shape index (κ2) is 5.69. The van der Waals surface area contributed by atoms with E-state index in [0.717, 1.165) is 12.8 Å². The van der Waals surface area contributed by atoms with Crippen LogP contribution in [0, 0.1) is 5.92 Å². The normalized spacial score (nSPS) is 33.6. The summed E-state index contributed by atoms with van der Waals surface area (Å²) in [6, 6.07) is 0.0756. The first-order valence-electron chi connectivity index (χ1n) is 6.93. The summed E-state index contributed by atoms with van der Waals surface area (Å²) in [7, 11) is 1.75. The fraction of sp³-hybridized carbons (Fsp3) is 0.923. The Morgan fingerprint density at radius 3 is 2.58 bits per heavy atom. The Morgan fingerprint density at radius 1 is 1.21 bits per heavy atom. The lowest BCUT2D eigenvalue weighted by Crippen LogP contribution is -2.51. The summed E-state index contributed by atoms with van der Waals surface area (Å²) in [5.41, 5.74) is 0. The molecule has 3 atom stereocenters. The van der Waals surface area contributed by atoms with Crippen LogP contribution in [-0.4, -0.2) is 42.7 Å². The number of likely N-dealkylation sites (N-methyl/N-ethyl adjacent to an activating group) is 1.